The lowest BCUT2D eigenvalue weighted by atomic mass is 10.2. The number of halogens is 4. The fourth-order valence-corrected chi connectivity index (χ4v) is 1.22. The molecule has 0 saturated heterocycles. The molecule has 1 rings (SSSR count). The molecule has 0 fully saturated rings. The second kappa shape index (κ2) is 5.13. The van der Waals surface area contributed by atoms with Crippen LogP contribution in [0.15, 0.2) is 23.4 Å². The number of nitrogens with one attached hydrogen (secondary N) is 1. The average molecular weight is 267 g/mol. The lowest BCUT2D eigenvalue weighted by molar-refractivity contribution is -0.123. The van der Waals surface area contributed by atoms with E-state index in [4.69, 9.17) is 11.6 Å². The van der Waals surface area contributed by atoms with Crippen LogP contribution in [0.3, 0.4) is 0 Å². The van der Waals surface area contributed by atoms with Crippen molar-refractivity contribution in [3.63, 3.8) is 0 Å². The molecule has 0 radical (unpaired) electrons. The van der Waals surface area contributed by atoms with Gasteiger partial charge in [0.05, 0.1) is 10.6 Å². The highest BCUT2D eigenvalue weighted by Gasteiger charge is 2.28. The maximum absolute atomic E-state index is 11.9. The van der Waals surface area contributed by atoms with Crippen molar-refractivity contribution in [1.82, 2.24) is 5.32 Å². The van der Waals surface area contributed by atoms with Gasteiger partial charge in [-0.1, -0.05) is 11.6 Å². The van der Waals surface area contributed by atoms with Gasteiger partial charge in [-0.3, -0.25) is 4.79 Å². The van der Waals surface area contributed by atoms with Crippen LogP contribution in [0, 0.1) is 4.91 Å². The molecule has 4 nitrogen and oxygen atoms in total. The van der Waals surface area contributed by atoms with Gasteiger partial charge >= 0.3 is 6.18 Å². The Morgan fingerprint density at radius 2 is 2.06 bits per heavy atom. The van der Waals surface area contributed by atoms with Gasteiger partial charge in [0.2, 0.25) is 0 Å². The molecule has 0 spiro atoms. The third kappa shape index (κ3) is 4.03. The molecule has 0 saturated carbocycles. The second-order valence-corrected chi connectivity index (χ2v) is 3.46. The molecule has 92 valence electrons. The standard InChI is InChI=1S/C9H6ClF3N2O2/c10-7-2-1-5(15-17)3-6(7)8(16)14-4-9(11,12)13/h1-3H,4H2,(H,14,16). The van der Waals surface area contributed by atoms with Crippen LogP contribution in [0.5, 0.6) is 0 Å². The first-order valence-corrected chi connectivity index (χ1v) is 4.69. The third-order valence-electron chi connectivity index (χ3n) is 1.75. The van der Waals surface area contributed by atoms with Crippen molar-refractivity contribution in [2.24, 2.45) is 5.18 Å². The molecule has 1 amide bonds. The zero-order chi connectivity index (χ0) is 13.1. The summed E-state index contributed by atoms with van der Waals surface area (Å²) >= 11 is 5.61. The molecule has 0 aliphatic heterocycles. The van der Waals surface area contributed by atoms with Crippen molar-refractivity contribution < 1.29 is 18.0 Å². The minimum absolute atomic E-state index is 0.0583. The lowest BCUT2D eigenvalue weighted by Gasteiger charge is -2.09. The van der Waals surface area contributed by atoms with Gasteiger partial charge in [-0.25, -0.2) is 0 Å². The van der Waals surface area contributed by atoms with Crippen LogP contribution in [-0.2, 0) is 0 Å². The summed E-state index contributed by atoms with van der Waals surface area (Å²) in [5.41, 5.74) is -0.320. The fourth-order valence-electron chi connectivity index (χ4n) is 1.02. The average Bonchev–Trinajstić information content (AvgIpc) is 2.25. The van der Waals surface area contributed by atoms with Crippen molar-refractivity contribution in [2.75, 3.05) is 6.54 Å². The van der Waals surface area contributed by atoms with Crippen molar-refractivity contribution in [2.45, 2.75) is 6.18 Å². The molecule has 17 heavy (non-hydrogen) atoms. The van der Waals surface area contributed by atoms with Crippen molar-refractivity contribution >= 4 is 23.2 Å². The van der Waals surface area contributed by atoms with E-state index in [-0.39, 0.29) is 16.3 Å². The molecule has 1 aromatic rings. The van der Waals surface area contributed by atoms with Crippen LogP contribution < -0.4 is 5.32 Å². The van der Waals surface area contributed by atoms with E-state index in [1.807, 2.05) is 0 Å². The van der Waals surface area contributed by atoms with E-state index < -0.39 is 18.6 Å². The van der Waals surface area contributed by atoms with E-state index in [2.05, 4.69) is 5.18 Å². The normalized spacial score (nSPS) is 11.1. The van der Waals surface area contributed by atoms with Crippen LogP contribution >= 0.6 is 11.6 Å². The number of nitrogens with zero attached hydrogens (tertiary/aromatic N) is 1. The third-order valence-corrected chi connectivity index (χ3v) is 2.08. The van der Waals surface area contributed by atoms with E-state index in [0.717, 1.165) is 6.07 Å². The maximum Gasteiger partial charge on any atom is 0.405 e. The first-order chi connectivity index (χ1) is 7.83. The second-order valence-electron chi connectivity index (χ2n) is 3.05. The Labute approximate surface area is 98.7 Å². The van der Waals surface area contributed by atoms with Gasteiger partial charge in [0.25, 0.3) is 5.91 Å². The fraction of sp³-hybridized carbons (Fsp3) is 0.222. The Hall–Kier alpha value is -1.63. The summed E-state index contributed by atoms with van der Waals surface area (Å²) in [6, 6.07) is 3.47. The first-order valence-electron chi connectivity index (χ1n) is 4.31. The van der Waals surface area contributed by atoms with Gasteiger partial charge in [0, 0.05) is 0 Å². The Morgan fingerprint density at radius 1 is 1.41 bits per heavy atom. The van der Waals surface area contributed by atoms with E-state index in [0.29, 0.717) is 0 Å². The number of rotatable bonds is 3. The van der Waals surface area contributed by atoms with Gasteiger partial charge in [-0.2, -0.15) is 13.2 Å². The van der Waals surface area contributed by atoms with E-state index in [9.17, 15) is 22.9 Å². The highest BCUT2D eigenvalue weighted by molar-refractivity contribution is 6.34. The Morgan fingerprint density at radius 3 is 2.59 bits per heavy atom. The number of carbonyl (C=O) groups is 1. The summed E-state index contributed by atoms with van der Waals surface area (Å²) in [5, 5.41) is 4.13. The topological polar surface area (TPSA) is 58.5 Å². The molecule has 0 aromatic heterocycles. The first kappa shape index (κ1) is 13.4. The van der Waals surface area contributed by atoms with Crippen molar-refractivity contribution in [1.29, 1.82) is 0 Å². The van der Waals surface area contributed by atoms with Crippen LogP contribution in [0.25, 0.3) is 0 Å². The van der Waals surface area contributed by atoms with Crippen LogP contribution in [0.2, 0.25) is 5.02 Å². The number of benzene rings is 1. The molecule has 0 aliphatic carbocycles. The molecular weight excluding hydrogens is 261 g/mol. The lowest BCUT2D eigenvalue weighted by Crippen LogP contribution is -2.33. The van der Waals surface area contributed by atoms with E-state index >= 15 is 0 Å². The van der Waals surface area contributed by atoms with Crippen LogP contribution in [0.4, 0.5) is 18.9 Å². The highest BCUT2D eigenvalue weighted by Crippen LogP contribution is 2.22. The van der Waals surface area contributed by atoms with E-state index in [1.165, 1.54) is 12.1 Å². The number of hydrogen-bond acceptors (Lipinski definition) is 3. The minimum atomic E-state index is -4.51. The molecule has 0 aliphatic rings. The molecule has 0 unspecified atom stereocenters. The predicted octanol–water partition coefficient (Wildman–Crippen LogP) is 3.03. The van der Waals surface area contributed by atoms with Gasteiger partial charge in [0.15, 0.2) is 0 Å². The molecule has 1 N–H and O–H groups in total. The molecule has 1 aromatic carbocycles. The van der Waals surface area contributed by atoms with Gasteiger partial charge < -0.3 is 5.32 Å². The Kier molecular flexibility index (Phi) is 4.06. The van der Waals surface area contributed by atoms with Gasteiger partial charge in [-0.15, -0.1) is 4.91 Å². The Bertz CT molecular complexity index is 448. The number of hydrogen-bond donors (Lipinski definition) is 1. The zero-order valence-corrected chi connectivity index (χ0v) is 8.97. The summed E-state index contributed by atoms with van der Waals surface area (Å²) in [4.78, 5) is 21.5. The summed E-state index contributed by atoms with van der Waals surface area (Å²) < 4.78 is 35.6. The maximum atomic E-state index is 11.9. The quantitative estimate of drug-likeness (QED) is 0.855. The molecule has 0 atom stereocenters. The van der Waals surface area contributed by atoms with Gasteiger partial charge in [-0.05, 0) is 23.4 Å². The highest BCUT2D eigenvalue weighted by atomic mass is 35.5. The molecular formula is C9H6ClF3N2O2. The largest absolute Gasteiger partial charge is 0.405 e. The molecule has 8 heteroatoms. The minimum Gasteiger partial charge on any atom is -0.343 e. The summed E-state index contributed by atoms with van der Waals surface area (Å²) in [5.74, 6) is -1.02. The SMILES string of the molecule is O=Nc1ccc(Cl)c(C(=O)NCC(F)(F)F)c1. The summed E-state index contributed by atoms with van der Waals surface area (Å²) in [6.07, 6.45) is -4.51. The predicted molar refractivity (Wildman–Crippen MR) is 55.3 cm³/mol. The van der Waals surface area contributed by atoms with Crippen molar-refractivity contribution in [3.8, 4) is 0 Å². The number of amides is 1. The van der Waals surface area contributed by atoms with Crippen LogP contribution in [0.1, 0.15) is 10.4 Å². The summed E-state index contributed by atoms with van der Waals surface area (Å²) in [7, 11) is 0. The van der Waals surface area contributed by atoms with Gasteiger partial charge in [0.1, 0.15) is 12.2 Å². The molecule has 0 bridgehead atoms. The van der Waals surface area contributed by atoms with E-state index in [1.54, 1.807) is 5.32 Å². The number of carbonyl (C=O) groups excluding carboxylic acids is 1. The molecule has 0 heterocycles. The zero-order valence-electron chi connectivity index (χ0n) is 8.21. The van der Waals surface area contributed by atoms with Crippen LogP contribution in [-0.4, -0.2) is 18.6 Å². The summed E-state index contributed by atoms with van der Waals surface area (Å²) in [6.45, 7) is -1.47. The Balaban J connectivity index is 2.85. The van der Waals surface area contributed by atoms with Crippen molar-refractivity contribution in [3.05, 3.63) is 33.7 Å². The number of alkyl halides is 3. The number of nitroso groups, excluding NO2 is 1. The monoisotopic (exact) mass is 266 g/mol. The smallest absolute Gasteiger partial charge is 0.343 e.